The zero-order valence-electron chi connectivity index (χ0n) is 15.3. The van der Waals surface area contributed by atoms with Crippen molar-refractivity contribution >= 4 is 5.91 Å². The Morgan fingerprint density at radius 3 is 2.46 bits per heavy atom. The highest BCUT2D eigenvalue weighted by Gasteiger charge is 2.08. The quantitative estimate of drug-likeness (QED) is 0.541. The van der Waals surface area contributed by atoms with Crippen LogP contribution in [0.15, 0.2) is 79.9 Å². The van der Waals surface area contributed by atoms with E-state index in [9.17, 15) is 4.79 Å². The number of nitrogens with zero attached hydrogens (tertiary/aromatic N) is 5. The van der Waals surface area contributed by atoms with Gasteiger partial charge in [-0.1, -0.05) is 36.4 Å². The maximum absolute atomic E-state index is 12.5. The van der Waals surface area contributed by atoms with Gasteiger partial charge in [0, 0.05) is 31.0 Å². The number of aromatic nitrogens is 5. The minimum absolute atomic E-state index is 0.0928. The lowest BCUT2D eigenvalue weighted by molar-refractivity contribution is 0.0951. The average Bonchev–Trinajstić information content (AvgIpc) is 3.42. The standard InChI is InChI=1S/C21H20N6O/c28-21(18-7-5-17(6-8-18)12-26-10-9-22-15-26)24-11-19-3-1-2-4-20(19)13-27-16-23-14-25-27/h1-10,14-16H,11-13H2,(H,24,28). The van der Waals surface area contributed by atoms with Gasteiger partial charge in [-0.15, -0.1) is 0 Å². The third-order valence-corrected chi connectivity index (χ3v) is 4.50. The second-order valence-electron chi connectivity index (χ2n) is 6.48. The summed E-state index contributed by atoms with van der Waals surface area (Å²) in [4.78, 5) is 20.5. The zero-order valence-corrected chi connectivity index (χ0v) is 15.3. The summed E-state index contributed by atoms with van der Waals surface area (Å²) in [5, 5.41) is 7.14. The molecule has 2 heterocycles. The van der Waals surface area contributed by atoms with Crippen LogP contribution in [0.25, 0.3) is 0 Å². The first-order valence-electron chi connectivity index (χ1n) is 9.00. The van der Waals surface area contributed by atoms with E-state index in [1.807, 2.05) is 59.3 Å². The van der Waals surface area contributed by atoms with E-state index in [-0.39, 0.29) is 5.91 Å². The number of amides is 1. The van der Waals surface area contributed by atoms with Crippen molar-refractivity contribution in [1.29, 1.82) is 0 Å². The molecule has 2 aromatic heterocycles. The molecule has 2 aromatic carbocycles. The molecule has 0 unspecified atom stereocenters. The van der Waals surface area contributed by atoms with Crippen molar-refractivity contribution in [3.63, 3.8) is 0 Å². The molecule has 0 saturated carbocycles. The summed E-state index contributed by atoms with van der Waals surface area (Å²) in [6.07, 6.45) is 8.64. The van der Waals surface area contributed by atoms with Crippen LogP contribution < -0.4 is 5.32 Å². The van der Waals surface area contributed by atoms with Crippen LogP contribution in [0.1, 0.15) is 27.0 Å². The van der Waals surface area contributed by atoms with Gasteiger partial charge in [0.15, 0.2) is 0 Å². The predicted octanol–water partition coefficient (Wildman–Crippen LogP) is 2.50. The minimum atomic E-state index is -0.0928. The fourth-order valence-corrected chi connectivity index (χ4v) is 3.00. The topological polar surface area (TPSA) is 77.6 Å². The van der Waals surface area contributed by atoms with Crippen molar-refractivity contribution < 1.29 is 4.79 Å². The Bertz CT molecular complexity index is 1020. The monoisotopic (exact) mass is 372 g/mol. The summed E-state index contributed by atoms with van der Waals surface area (Å²) in [5.74, 6) is -0.0928. The van der Waals surface area contributed by atoms with Crippen LogP contribution in [-0.2, 0) is 19.6 Å². The fourth-order valence-electron chi connectivity index (χ4n) is 3.00. The van der Waals surface area contributed by atoms with E-state index < -0.39 is 0 Å². The van der Waals surface area contributed by atoms with E-state index in [0.717, 1.165) is 23.2 Å². The van der Waals surface area contributed by atoms with Crippen molar-refractivity contribution in [2.75, 3.05) is 0 Å². The van der Waals surface area contributed by atoms with Crippen LogP contribution in [-0.4, -0.2) is 30.2 Å². The van der Waals surface area contributed by atoms with E-state index >= 15 is 0 Å². The molecule has 7 nitrogen and oxygen atoms in total. The molecule has 0 radical (unpaired) electrons. The van der Waals surface area contributed by atoms with Crippen LogP contribution in [0.2, 0.25) is 0 Å². The molecule has 0 aliphatic carbocycles. The SMILES string of the molecule is O=C(NCc1ccccc1Cn1cncn1)c1ccc(Cn2ccnc2)cc1. The van der Waals surface area contributed by atoms with Crippen molar-refractivity contribution in [2.45, 2.75) is 19.6 Å². The van der Waals surface area contributed by atoms with Crippen LogP contribution in [0.5, 0.6) is 0 Å². The first-order valence-corrected chi connectivity index (χ1v) is 9.00. The van der Waals surface area contributed by atoms with Crippen molar-refractivity contribution in [3.05, 3.63) is 102 Å². The van der Waals surface area contributed by atoms with Gasteiger partial charge in [-0.25, -0.2) is 14.6 Å². The molecule has 28 heavy (non-hydrogen) atoms. The number of nitrogens with one attached hydrogen (secondary N) is 1. The number of imidazole rings is 1. The molecule has 0 bridgehead atoms. The molecule has 0 aliphatic rings. The van der Waals surface area contributed by atoms with Crippen molar-refractivity contribution in [2.24, 2.45) is 0 Å². The molecule has 0 aliphatic heterocycles. The summed E-state index contributed by atoms with van der Waals surface area (Å²) in [6.45, 7) is 1.81. The summed E-state index contributed by atoms with van der Waals surface area (Å²) in [7, 11) is 0. The molecule has 4 aromatic rings. The van der Waals surface area contributed by atoms with Gasteiger partial charge in [0.25, 0.3) is 5.91 Å². The maximum atomic E-state index is 12.5. The van der Waals surface area contributed by atoms with Gasteiger partial charge in [0.05, 0.1) is 12.9 Å². The summed E-state index contributed by atoms with van der Waals surface area (Å²) in [6, 6.07) is 15.6. The number of carbonyl (C=O) groups excluding carboxylic acids is 1. The minimum Gasteiger partial charge on any atom is -0.348 e. The van der Waals surface area contributed by atoms with Gasteiger partial charge in [-0.3, -0.25) is 4.79 Å². The fraction of sp³-hybridized carbons (Fsp3) is 0.143. The van der Waals surface area contributed by atoms with Gasteiger partial charge in [0.2, 0.25) is 0 Å². The van der Waals surface area contributed by atoms with E-state index in [1.54, 1.807) is 23.5 Å². The van der Waals surface area contributed by atoms with Crippen molar-refractivity contribution in [3.8, 4) is 0 Å². The highest BCUT2D eigenvalue weighted by atomic mass is 16.1. The number of hydrogen-bond donors (Lipinski definition) is 1. The lowest BCUT2D eigenvalue weighted by Gasteiger charge is -2.11. The van der Waals surface area contributed by atoms with E-state index in [4.69, 9.17) is 0 Å². The largest absolute Gasteiger partial charge is 0.348 e. The van der Waals surface area contributed by atoms with Crippen molar-refractivity contribution in [1.82, 2.24) is 29.6 Å². The Balaban J connectivity index is 1.38. The lowest BCUT2D eigenvalue weighted by atomic mass is 10.1. The van der Waals surface area contributed by atoms with Crippen LogP contribution in [0, 0.1) is 0 Å². The third kappa shape index (κ3) is 4.32. The molecule has 0 spiro atoms. The Kier molecular flexibility index (Phi) is 5.24. The molecule has 0 atom stereocenters. The molecule has 4 rings (SSSR count). The normalized spacial score (nSPS) is 10.7. The number of rotatable bonds is 7. The molecule has 1 N–H and O–H groups in total. The van der Waals surface area contributed by atoms with Gasteiger partial charge in [0.1, 0.15) is 12.7 Å². The predicted molar refractivity (Wildman–Crippen MR) is 105 cm³/mol. The molecule has 0 fully saturated rings. The van der Waals surface area contributed by atoms with Gasteiger partial charge < -0.3 is 9.88 Å². The van der Waals surface area contributed by atoms with Crippen LogP contribution >= 0.6 is 0 Å². The average molecular weight is 372 g/mol. The van der Waals surface area contributed by atoms with Gasteiger partial charge in [-0.2, -0.15) is 5.10 Å². The molecule has 7 heteroatoms. The van der Waals surface area contributed by atoms with E-state index in [1.165, 1.54) is 6.33 Å². The molecule has 140 valence electrons. The second-order valence-corrected chi connectivity index (χ2v) is 6.48. The summed E-state index contributed by atoms with van der Waals surface area (Å²) < 4.78 is 3.75. The molecular formula is C21H20N6O. The van der Waals surface area contributed by atoms with Crippen LogP contribution in [0.3, 0.4) is 0 Å². The zero-order chi connectivity index (χ0) is 19.2. The first-order chi connectivity index (χ1) is 13.8. The third-order valence-electron chi connectivity index (χ3n) is 4.50. The first kappa shape index (κ1) is 17.7. The number of benzene rings is 2. The maximum Gasteiger partial charge on any atom is 0.251 e. The van der Waals surface area contributed by atoms with Gasteiger partial charge >= 0.3 is 0 Å². The molecule has 1 amide bonds. The highest BCUT2D eigenvalue weighted by Crippen LogP contribution is 2.11. The smallest absolute Gasteiger partial charge is 0.251 e. The lowest BCUT2D eigenvalue weighted by Crippen LogP contribution is -2.23. The van der Waals surface area contributed by atoms with Gasteiger partial charge in [-0.05, 0) is 28.8 Å². The Hall–Kier alpha value is -3.74. The molecule has 0 saturated heterocycles. The summed E-state index contributed by atoms with van der Waals surface area (Å²) >= 11 is 0. The summed E-state index contributed by atoms with van der Waals surface area (Å²) in [5.41, 5.74) is 3.92. The molecular weight excluding hydrogens is 352 g/mol. The second kappa shape index (κ2) is 8.30. The van der Waals surface area contributed by atoms with E-state index in [0.29, 0.717) is 18.7 Å². The van der Waals surface area contributed by atoms with Crippen LogP contribution in [0.4, 0.5) is 0 Å². The number of carbonyl (C=O) groups is 1. The Morgan fingerprint density at radius 1 is 0.929 bits per heavy atom. The Morgan fingerprint density at radius 2 is 1.75 bits per heavy atom. The Labute approximate surface area is 162 Å². The van der Waals surface area contributed by atoms with E-state index in [2.05, 4.69) is 20.4 Å². The number of hydrogen-bond acceptors (Lipinski definition) is 4. The highest BCUT2D eigenvalue weighted by molar-refractivity contribution is 5.94.